The van der Waals surface area contributed by atoms with Crippen LogP contribution in [0.1, 0.15) is 31.5 Å². The summed E-state index contributed by atoms with van der Waals surface area (Å²) in [6.07, 6.45) is -1.34. The van der Waals surface area contributed by atoms with Gasteiger partial charge in [0.15, 0.2) is 0 Å². The Labute approximate surface area is 143 Å². The standard InChI is InChI=1S/C17H19F2N5O/c1-10(2)9-24-14(15(18)19)13(8-21-24)17-22-16(23-25-17)12-5-3-11(7-20)4-6-12/h3-6,8,10,15H,7,9,20H2,1-2H3. The minimum atomic E-state index is -2.68. The summed E-state index contributed by atoms with van der Waals surface area (Å²) in [6.45, 7) is 4.70. The smallest absolute Gasteiger partial charge is 0.280 e. The van der Waals surface area contributed by atoms with Crippen LogP contribution in [0, 0.1) is 5.92 Å². The highest BCUT2D eigenvalue weighted by Crippen LogP contribution is 2.31. The van der Waals surface area contributed by atoms with Crippen molar-refractivity contribution < 1.29 is 13.3 Å². The van der Waals surface area contributed by atoms with Crippen molar-refractivity contribution in [2.45, 2.75) is 33.4 Å². The summed E-state index contributed by atoms with van der Waals surface area (Å²) in [5.41, 5.74) is 7.22. The molecule has 0 aliphatic heterocycles. The number of nitrogens with two attached hydrogens (primary N) is 1. The van der Waals surface area contributed by atoms with E-state index in [4.69, 9.17) is 10.3 Å². The number of hydrogen-bond donors (Lipinski definition) is 1. The highest BCUT2D eigenvalue weighted by atomic mass is 19.3. The number of alkyl halides is 2. The van der Waals surface area contributed by atoms with Crippen LogP contribution in [0.25, 0.3) is 22.8 Å². The Hall–Kier alpha value is -2.61. The van der Waals surface area contributed by atoms with Crippen molar-refractivity contribution in [2.75, 3.05) is 0 Å². The summed E-state index contributed by atoms with van der Waals surface area (Å²) in [5.74, 6) is 0.545. The molecule has 1 aromatic carbocycles. The molecule has 0 bridgehead atoms. The molecule has 6 nitrogen and oxygen atoms in total. The fourth-order valence-corrected chi connectivity index (χ4v) is 2.52. The first-order chi connectivity index (χ1) is 12.0. The van der Waals surface area contributed by atoms with Gasteiger partial charge in [-0.15, -0.1) is 0 Å². The average molecular weight is 347 g/mol. The first kappa shape index (κ1) is 17.2. The topological polar surface area (TPSA) is 82.8 Å². The van der Waals surface area contributed by atoms with Gasteiger partial charge in [0.25, 0.3) is 12.3 Å². The van der Waals surface area contributed by atoms with Crippen LogP contribution in [-0.4, -0.2) is 19.9 Å². The lowest BCUT2D eigenvalue weighted by molar-refractivity contribution is 0.138. The average Bonchev–Trinajstić information content (AvgIpc) is 3.21. The summed E-state index contributed by atoms with van der Waals surface area (Å²) in [6, 6.07) is 7.34. The van der Waals surface area contributed by atoms with E-state index in [2.05, 4.69) is 15.2 Å². The Kier molecular flexibility index (Phi) is 4.89. The Balaban J connectivity index is 1.95. The van der Waals surface area contributed by atoms with Crippen LogP contribution in [0.15, 0.2) is 35.0 Å². The maximum absolute atomic E-state index is 13.5. The van der Waals surface area contributed by atoms with Gasteiger partial charge < -0.3 is 10.3 Å². The molecule has 0 amide bonds. The highest BCUT2D eigenvalue weighted by molar-refractivity contribution is 5.61. The molecule has 3 rings (SSSR count). The van der Waals surface area contributed by atoms with Crippen molar-refractivity contribution in [2.24, 2.45) is 11.7 Å². The molecule has 0 spiro atoms. The Bertz CT molecular complexity index is 839. The van der Waals surface area contributed by atoms with E-state index in [1.165, 1.54) is 10.9 Å². The summed E-state index contributed by atoms with van der Waals surface area (Å²) >= 11 is 0. The predicted octanol–water partition coefficient (Wildman–Crippen LogP) is 3.65. The molecule has 2 aromatic heterocycles. The Morgan fingerprint density at radius 1 is 1.20 bits per heavy atom. The van der Waals surface area contributed by atoms with Crippen LogP contribution in [0.3, 0.4) is 0 Å². The largest absolute Gasteiger partial charge is 0.333 e. The van der Waals surface area contributed by atoms with Gasteiger partial charge in [-0.2, -0.15) is 10.1 Å². The van der Waals surface area contributed by atoms with Gasteiger partial charge in [-0.1, -0.05) is 43.3 Å². The van der Waals surface area contributed by atoms with Crippen LogP contribution in [0.4, 0.5) is 8.78 Å². The zero-order chi connectivity index (χ0) is 18.0. The SMILES string of the molecule is CC(C)Cn1ncc(-c2nc(-c3ccc(CN)cc3)no2)c1C(F)F. The van der Waals surface area contributed by atoms with E-state index in [-0.39, 0.29) is 23.1 Å². The van der Waals surface area contributed by atoms with Crippen LogP contribution in [0.2, 0.25) is 0 Å². The second-order valence-electron chi connectivity index (χ2n) is 6.14. The fraction of sp³-hybridized carbons (Fsp3) is 0.353. The second kappa shape index (κ2) is 7.10. The first-order valence-electron chi connectivity index (χ1n) is 7.97. The lowest BCUT2D eigenvalue weighted by Gasteiger charge is -2.09. The van der Waals surface area contributed by atoms with E-state index in [0.717, 1.165) is 11.1 Å². The quantitative estimate of drug-likeness (QED) is 0.736. The lowest BCUT2D eigenvalue weighted by atomic mass is 10.1. The molecule has 3 aromatic rings. The maximum atomic E-state index is 13.5. The molecule has 8 heteroatoms. The van der Waals surface area contributed by atoms with Gasteiger partial charge in [-0.05, 0) is 11.5 Å². The van der Waals surface area contributed by atoms with E-state index in [9.17, 15) is 8.78 Å². The molecule has 0 fully saturated rings. The molecular formula is C17H19F2N5O. The zero-order valence-electron chi connectivity index (χ0n) is 14.0. The van der Waals surface area contributed by atoms with Crippen molar-refractivity contribution in [1.82, 2.24) is 19.9 Å². The van der Waals surface area contributed by atoms with Crippen LogP contribution in [0.5, 0.6) is 0 Å². The molecule has 25 heavy (non-hydrogen) atoms. The number of hydrogen-bond acceptors (Lipinski definition) is 5. The fourth-order valence-electron chi connectivity index (χ4n) is 2.52. The summed E-state index contributed by atoms with van der Waals surface area (Å²) in [7, 11) is 0. The second-order valence-corrected chi connectivity index (χ2v) is 6.14. The van der Waals surface area contributed by atoms with E-state index < -0.39 is 6.43 Å². The minimum Gasteiger partial charge on any atom is -0.333 e. The summed E-state index contributed by atoms with van der Waals surface area (Å²) in [5, 5.41) is 7.94. The van der Waals surface area contributed by atoms with Gasteiger partial charge in [0.05, 0.1) is 11.8 Å². The molecule has 0 saturated heterocycles. The molecule has 0 aliphatic carbocycles. The predicted molar refractivity (Wildman–Crippen MR) is 88.6 cm³/mol. The normalized spacial score (nSPS) is 11.6. The van der Waals surface area contributed by atoms with Crippen LogP contribution in [-0.2, 0) is 13.1 Å². The number of halogens is 2. The molecule has 2 heterocycles. The minimum absolute atomic E-state index is 0.0307. The van der Waals surface area contributed by atoms with Gasteiger partial charge in [0, 0.05) is 18.7 Å². The van der Waals surface area contributed by atoms with Gasteiger partial charge in [0.2, 0.25) is 5.82 Å². The van der Waals surface area contributed by atoms with Crippen LogP contribution >= 0.6 is 0 Å². The lowest BCUT2D eigenvalue weighted by Crippen LogP contribution is -2.10. The van der Waals surface area contributed by atoms with E-state index >= 15 is 0 Å². The first-order valence-corrected chi connectivity index (χ1v) is 7.97. The molecule has 132 valence electrons. The van der Waals surface area contributed by atoms with E-state index in [1.54, 1.807) is 0 Å². The number of benzene rings is 1. The molecule has 0 radical (unpaired) electrons. The number of aromatic nitrogens is 4. The van der Waals surface area contributed by atoms with Gasteiger partial charge >= 0.3 is 0 Å². The van der Waals surface area contributed by atoms with Gasteiger partial charge in [-0.3, -0.25) is 4.68 Å². The molecule has 2 N–H and O–H groups in total. The number of rotatable bonds is 6. The zero-order valence-corrected chi connectivity index (χ0v) is 14.0. The van der Waals surface area contributed by atoms with Gasteiger partial charge in [0.1, 0.15) is 5.69 Å². The molecular weight excluding hydrogens is 328 g/mol. The summed E-state index contributed by atoms with van der Waals surface area (Å²) in [4.78, 5) is 4.25. The van der Waals surface area contributed by atoms with Crippen molar-refractivity contribution in [3.8, 4) is 22.8 Å². The van der Waals surface area contributed by atoms with Crippen molar-refractivity contribution in [3.63, 3.8) is 0 Å². The Morgan fingerprint density at radius 2 is 1.92 bits per heavy atom. The monoisotopic (exact) mass is 347 g/mol. The maximum Gasteiger partial charge on any atom is 0.280 e. The highest BCUT2D eigenvalue weighted by Gasteiger charge is 2.25. The third-order valence-corrected chi connectivity index (χ3v) is 3.73. The summed E-state index contributed by atoms with van der Waals surface area (Å²) < 4.78 is 33.5. The molecule has 0 aliphatic rings. The van der Waals surface area contributed by atoms with Crippen molar-refractivity contribution >= 4 is 0 Å². The molecule has 0 unspecified atom stereocenters. The molecule has 0 saturated carbocycles. The van der Waals surface area contributed by atoms with Crippen molar-refractivity contribution in [1.29, 1.82) is 0 Å². The molecule has 0 atom stereocenters. The Morgan fingerprint density at radius 3 is 2.52 bits per heavy atom. The number of nitrogens with zero attached hydrogens (tertiary/aromatic N) is 4. The van der Waals surface area contributed by atoms with Crippen molar-refractivity contribution in [3.05, 3.63) is 41.7 Å². The van der Waals surface area contributed by atoms with E-state index in [1.807, 2.05) is 38.1 Å². The third-order valence-electron chi connectivity index (χ3n) is 3.73. The van der Waals surface area contributed by atoms with E-state index in [0.29, 0.717) is 18.9 Å². The third kappa shape index (κ3) is 3.58. The van der Waals surface area contributed by atoms with Crippen LogP contribution < -0.4 is 5.73 Å². The van der Waals surface area contributed by atoms with Gasteiger partial charge in [-0.25, -0.2) is 8.78 Å².